The molecule has 0 heterocycles. The van der Waals surface area contributed by atoms with Crippen LogP contribution in [0.1, 0.15) is 72.6 Å². The number of carbonyl (C=O) groups is 2. The molecule has 32 heavy (non-hydrogen) atoms. The molecular formula is C27H30O5. The maximum atomic E-state index is 12.5. The zero-order valence-electron chi connectivity index (χ0n) is 18.5. The number of aromatic carboxylic acids is 1. The monoisotopic (exact) mass is 434 g/mol. The number of hydrogen-bond acceptors (Lipinski definition) is 4. The van der Waals surface area contributed by atoms with Crippen LogP contribution in [-0.2, 0) is 0 Å². The predicted octanol–water partition coefficient (Wildman–Crippen LogP) is 6.89. The van der Waals surface area contributed by atoms with Gasteiger partial charge in [-0.2, -0.15) is 0 Å². The van der Waals surface area contributed by atoms with E-state index in [1.54, 1.807) is 54.6 Å². The van der Waals surface area contributed by atoms with E-state index in [1.165, 1.54) is 44.6 Å². The number of carboxylic acid groups (broad SMARTS) is 1. The molecule has 0 aliphatic rings. The Labute approximate surface area is 189 Å². The van der Waals surface area contributed by atoms with Crippen LogP contribution in [0.15, 0.2) is 60.7 Å². The van der Waals surface area contributed by atoms with E-state index >= 15 is 0 Å². The summed E-state index contributed by atoms with van der Waals surface area (Å²) in [5, 5.41) is 10.7. The van der Waals surface area contributed by atoms with Crippen molar-refractivity contribution in [2.75, 3.05) is 6.61 Å². The van der Waals surface area contributed by atoms with Crippen LogP contribution in [0.3, 0.4) is 0 Å². The van der Waals surface area contributed by atoms with Crippen LogP contribution in [0.4, 0.5) is 0 Å². The lowest BCUT2D eigenvalue weighted by Crippen LogP contribution is -2.08. The van der Waals surface area contributed by atoms with E-state index in [1.807, 2.05) is 0 Å². The molecule has 0 spiro atoms. The van der Waals surface area contributed by atoms with Gasteiger partial charge in [-0.1, -0.05) is 57.6 Å². The first-order valence-corrected chi connectivity index (χ1v) is 11.3. The highest BCUT2D eigenvalue weighted by molar-refractivity contribution is 5.95. The number of ether oxygens (including phenoxy) is 2. The molecule has 0 unspecified atom stereocenters. The van der Waals surface area contributed by atoms with Gasteiger partial charge in [0.05, 0.1) is 17.7 Å². The van der Waals surface area contributed by atoms with Crippen LogP contribution in [-0.4, -0.2) is 23.7 Å². The van der Waals surface area contributed by atoms with E-state index in [0.717, 1.165) is 22.9 Å². The van der Waals surface area contributed by atoms with Crippen LogP contribution in [0, 0.1) is 0 Å². The highest BCUT2D eigenvalue weighted by atomic mass is 16.5. The summed E-state index contributed by atoms with van der Waals surface area (Å²) < 4.78 is 11.3. The van der Waals surface area contributed by atoms with Crippen LogP contribution < -0.4 is 9.47 Å². The highest BCUT2D eigenvalue weighted by Crippen LogP contribution is 2.23. The van der Waals surface area contributed by atoms with Gasteiger partial charge >= 0.3 is 11.9 Å². The fourth-order valence-electron chi connectivity index (χ4n) is 3.52. The number of carbonyl (C=O) groups excluding carboxylic acids is 1. The molecule has 0 radical (unpaired) electrons. The third-order valence-electron chi connectivity index (χ3n) is 5.38. The molecule has 3 rings (SSSR count). The summed E-state index contributed by atoms with van der Waals surface area (Å²) in [7, 11) is 0. The Morgan fingerprint density at radius 2 is 1.31 bits per heavy atom. The van der Waals surface area contributed by atoms with Crippen molar-refractivity contribution in [3.63, 3.8) is 0 Å². The predicted molar refractivity (Wildman–Crippen MR) is 126 cm³/mol. The van der Waals surface area contributed by atoms with E-state index in [-0.39, 0.29) is 5.56 Å². The molecule has 1 N–H and O–H groups in total. The normalized spacial score (nSPS) is 10.8. The molecule has 5 nitrogen and oxygen atoms in total. The minimum Gasteiger partial charge on any atom is -0.494 e. The summed E-state index contributed by atoms with van der Waals surface area (Å²) in [6, 6.07) is 16.9. The Balaban J connectivity index is 1.48. The first-order chi connectivity index (χ1) is 15.6. The first-order valence-electron chi connectivity index (χ1n) is 11.3. The van der Waals surface area contributed by atoms with Gasteiger partial charge in [-0.05, 0) is 65.7 Å². The van der Waals surface area contributed by atoms with E-state index in [9.17, 15) is 9.59 Å². The fraction of sp³-hybridized carbons (Fsp3) is 0.333. The van der Waals surface area contributed by atoms with Gasteiger partial charge in [0.25, 0.3) is 0 Å². The van der Waals surface area contributed by atoms with Crippen molar-refractivity contribution in [1.29, 1.82) is 0 Å². The second-order valence-electron chi connectivity index (χ2n) is 7.91. The van der Waals surface area contributed by atoms with Gasteiger partial charge in [0, 0.05) is 0 Å². The Hall–Kier alpha value is -3.34. The molecule has 0 bridgehead atoms. The van der Waals surface area contributed by atoms with E-state index < -0.39 is 11.9 Å². The average molecular weight is 435 g/mol. The third-order valence-corrected chi connectivity index (χ3v) is 5.38. The summed E-state index contributed by atoms with van der Waals surface area (Å²) in [5.41, 5.74) is 0.658. The Morgan fingerprint density at radius 1 is 0.719 bits per heavy atom. The zero-order chi connectivity index (χ0) is 22.8. The summed E-state index contributed by atoms with van der Waals surface area (Å²) in [6.07, 6.45) is 8.67. The second kappa shape index (κ2) is 11.9. The topological polar surface area (TPSA) is 72.8 Å². The van der Waals surface area contributed by atoms with Gasteiger partial charge in [-0.25, -0.2) is 9.59 Å². The van der Waals surface area contributed by atoms with Crippen LogP contribution >= 0.6 is 0 Å². The standard InChI is InChI=1S/C27H30O5/c1-2-3-4-5-6-7-8-17-31-24-14-11-20(12-15-24)27(30)32-25-16-13-21-18-23(26(28)29)10-9-22(21)19-25/h9-16,18-19H,2-8,17H2,1H3,(H,28,29). The van der Waals surface area contributed by atoms with E-state index in [4.69, 9.17) is 14.6 Å². The van der Waals surface area contributed by atoms with Gasteiger partial charge in [-0.15, -0.1) is 0 Å². The van der Waals surface area contributed by atoms with Crippen LogP contribution in [0.25, 0.3) is 10.8 Å². The number of fused-ring (bicyclic) bond motifs is 1. The van der Waals surface area contributed by atoms with Crippen molar-refractivity contribution in [2.24, 2.45) is 0 Å². The van der Waals surface area contributed by atoms with Crippen molar-refractivity contribution in [3.8, 4) is 11.5 Å². The lowest BCUT2D eigenvalue weighted by Gasteiger charge is -2.08. The molecule has 3 aromatic rings. The number of benzene rings is 3. The Morgan fingerprint density at radius 3 is 2.03 bits per heavy atom. The molecule has 0 aliphatic carbocycles. The summed E-state index contributed by atoms with van der Waals surface area (Å²) in [6.45, 7) is 2.90. The fourth-order valence-corrected chi connectivity index (χ4v) is 3.52. The molecular weight excluding hydrogens is 404 g/mol. The van der Waals surface area contributed by atoms with Crippen molar-refractivity contribution in [3.05, 3.63) is 71.8 Å². The number of esters is 1. The highest BCUT2D eigenvalue weighted by Gasteiger charge is 2.10. The Kier molecular flexibility index (Phi) is 8.67. The van der Waals surface area contributed by atoms with Gasteiger partial charge in [0.15, 0.2) is 0 Å². The van der Waals surface area contributed by atoms with Crippen LogP contribution in [0.2, 0.25) is 0 Å². The maximum Gasteiger partial charge on any atom is 0.343 e. The summed E-state index contributed by atoms with van der Waals surface area (Å²) in [4.78, 5) is 23.6. The quantitative estimate of drug-likeness (QED) is 0.191. The van der Waals surface area contributed by atoms with Gasteiger partial charge in [-0.3, -0.25) is 0 Å². The molecule has 0 aliphatic heterocycles. The molecule has 0 atom stereocenters. The SMILES string of the molecule is CCCCCCCCCOc1ccc(C(=O)Oc2ccc3cc(C(=O)O)ccc3c2)cc1. The molecule has 0 amide bonds. The summed E-state index contributed by atoms with van der Waals surface area (Å²) in [5.74, 6) is -0.278. The van der Waals surface area contributed by atoms with Crippen LogP contribution in [0.5, 0.6) is 11.5 Å². The van der Waals surface area contributed by atoms with E-state index in [2.05, 4.69) is 6.92 Å². The third kappa shape index (κ3) is 6.84. The second-order valence-corrected chi connectivity index (χ2v) is 7.91. The molecule has 0 saturated carbocycles. The Bertz CT molecular complexity index is 1040. The zero-order valence-corrected chi connectivity index (χ0v) is 18.5. The van der Waals surface area contributed by atoms with Crippen molar-refractivity contribution >= 4 is 22.7 Å². The lowest BCUT2D eigenvalue weighted by molar-refractivity contribution is 0.0694. The molecule has 0 fully saturated rings. The number of rotatable bonds is 12. The smallest absolute Gasteiger partial charge is 0.343 e. The number of carboxylic acids is 1. The molecule has 168 valence electrons. The van der Waals surface area contributed by atoms with Gasteiger partial charge in [0.2, 0.25) is 0 Å². The average Bonchev–Trinajstić information content (AvgIpc) is 2.80. The van der Waals surface area contributed by atoms with Gasteiger partial charge < -0.3 is 14.6 Å². The molecule has 0 saturated heterocycles. The van der Waals surface area contributed by atoms with Gasteiger partial charge in [0.1, 0.15) is 11.5 Å². The first kappa shape index (κ1) is 23.3. The number of hydrogen-bond donors (Lipinski definition) is 1. The van der Waals surface area contributed by atoms with E-state index in [0.29, 0.717) is 17.9 Å². The molecule has 0 aromatic heterocycles. The molecule has 5 heteroatoms. The van der Waals surface area contributed by atoms with Crippen molar-refractivity contribution in [1.82, 2.24) is 0 Å². The minimum absolute atomic E-state index is 0.219. The largest absolute Gasteiger partial charge is 0.494 e. The maximum absolute atomic E-state index is 12.5. The lowest BCUT2D eigenvalue weighted by atomic mass is 10.1. The number of unbranched alkanes of at least 4 members (excludes halogenated alkanes) is 6. The summed E-state index contributed by atoms with van der Waals surface area (Å²) >= 11 is 0. The van der Waals surface area contributed by atoms with Crippen molar-refractivity contribution < 1.29 is 24.2 Å². The minimum atomic E-state index is -0.975. The van der Waals surface area contributed by atoms with Crippen molar-refractivity contribution in [2.45, 2.75) is 51.9 Å². The molecule has 3 aromatic carbocycles.